The second-order valence-electron chi connectivity index (χ2n) is 6.92. The molecular formula is C19H27NO4. The molecule has 2 N–H and O–H groups in total. The zero-order valence-corrected chi connectivity index (χ0v) is 14.7. The van der Waals surface area contributed by atoms with Crippen molar-refractivity contribution >= 4 is 11.9 Å². The number of carbonyl (C=O) groups excluding carboxylic acids is 1. The predicted octanol–water partition coefficient (Wildman–Crippen LogP) is 2.98. The molecule has 24 heavy (non-hydrogen) atoms. The van der Waals surface area contributed by atoms with E-state index in [0.717, 1.165) is 30.6 Å². The van der Waals surface area contributed by atoms with Gasteiger partial charge in [-0.1, -0.05) is 19.9 Å². The monoisotopic (exact) mass is 333 g/mol. The molecule has 132 valence electrons. The third-order valence-corrected chi connectivity index (χ3v) is 4.61. The smallest absolute Gasteiger partial charge is 0.308 e. The number of carboxylic acid groups (broad SMARTS) is 1. The molecule has 0 aliphatic heterocycles. The summed E-state index contributed by atoms with van der Waals surface area (Å²) < 4.78 is 5.27. The number of methoxy groups -OCH3 is 1. The van der Waals surface area contributed by atoms with Crippen LogP contribution in [0.5, 0.6) is 5.75 Å². The number of carboxylic acids is 1. The molecule has 5 heteroatoms. The van der Waals surface area contributed by atoms with Crippen molar-refractivity contribution in [1.29, 1.82) is 0 Å². The topological polar surface area (TPSA) is 75.6 Å². The Labute approximate surface area is 143 Å². The van der Waals surface area contributed by atoms with Gasteiger partial charge in [0.1, 0.15) is 5.75 Å². The number of aryl methyl sites for hydroxylation is 1. The van der Waals surface area contributed by atoms with Crippen LogP contribution in [0, 0.1) is 11.8 Å². The number of benzene rings is 1. The average Bonchev–Trinajstić information content (AvgIpc) is 2.56. The van der Waals surface area contributed by atoms with Gasteiger partial charge in [-0.05, 0) is 54.9 Å². The molecule has 2 rings (SSSR count). The first-order chi connectivity index (χ1) is 11.4. The van der Waals surface area contributed by atoms with Crippen LogP contribution in [0.15, 0.2) is 18.2 Å². The van der Waals surface area contributed by atoms with Gasteiger partial charge in [-0.25, -0.2) is 0 Å². The Kier molecular flexibility index (Phi) is 6.23. The Bertz CT molecular complexity index is 597. The van der Waals surface area contributed by atoms with Gasteiger partial charge < -0.3 is 15.2 Å². The number of ether oxygens (including phenoxy) is 1. The maximum absolute atomic E-state index is 12.6. The Hall–Kier alpha value is -2.04. The molecule has 0 saturated carbocycles. The summed E-state index contributed by atoms with van der Waals surface area (Å²) in [6.45, 7) is 4.16. The fourth-order valence-corrected chi connectivity index (χ4v) is 3.36. The van der Waals surface area contributed by atoms with E-state index in [1.165, 1.54) is 5.56 Å². The highest BCUT2D eigenvalue weighted by atomic mass is 16.5. The summed E-state index contributed by atoms with van der Waals surface area (Å²) in [4.78, 5) is 24.0. The Balaban J connectivity index is 2.07. The first-order valence-corrected chi connectivity index (χ1v) is 8.59. The van der Waals surface area contributed by atoms with Crippen molar-refractivity contribution in [2.75, 3.05) is 13.7 Å². The number of nitrogens with one attached hydrogen (secondary N) is 1. The molecule has 0 spiro atoms. The number of aliphatic carboxylic acids is 1. The molecule has 1 aromatic rings. The third-order valence-electron chi connectivity index (χ3n) is 4.61. The molecule has 1 aliphatic rings. The van der Waals surface area contributed by atoms with E-state index in [1.54, 1.807) is 7.11 Å². The SMILES string of the molecule is COc1ccc2c(c1)C(C(=O)NCC(CC(C)C)C(=O)O)CCC2. The van der Waals surface area contributed by atoms with E-state index in [0.29, 0.717) is 6.42 Å². The van der Waals surface area contributed by atoms with Crippen LogP contribution in [0.25, 0.3) is 0 Å². The highest BCUT2D eigenvalue weighted by Gasteiger charge is 2.28. The van der Waals surface area contributed by atoms with Crippen molar-refractivity contribution in [3.63, 3.8) is 0 Å². The van der Waals surface area contributed by atoms with Crippen LogP contribution in [0.3, 0.4) is 0 Å². The van der Waals surface area contributed by atoms with Crippen molar-refractivity contribution in [1.82, 2.24) is 5.32 Å². The second kappa shape index (κ2) is 8.18. The summed E-state index contributed by atoms with van der Waals surface area (Å²) in [7, 11) is 1.61. The molecule has 1 aromatic carbocycles. The fraction of sp³-hybridized carbons (Fsp3) is 0.579. The number of hydrogen-bond acceptors (Lipinski definition) is 3. The lowest BCUT2D eigenvalue weighted by molar-refractivity contribution is -0.142. The van der Waals surface area contributed by atoms with Gasteiger partial charge in [0, 0.05) is 6.54 Å². The van der Waals surface area contributed by atoms with E-state index in [2.05, 4.69) is 5.32 Å². The highest BCUT2D eigenvalue weighted by Crippen LogP contribution is 2.34. The molecule has 1 amide bonds. The lowest BCUT2D eigenvalue weighted by Gasteiger charge is -2.26. The zero-order valence-electron chi connectivity index (χ0n) is 14.7. The number of carbonyl (C=O) groups is 2. The summed E-state index contributed by atoms with van der Waals surface area (Å²) in [6.07, 6.45) is 3.28. The van der Waals surface area contributed by atoms with Crippen LogP contribution in [0.1, 0.15) is 50.2 Å². The van der Waals surface area contributed by atoms with Gasteiger partial charge in [0.15, 0.2) is 0 Å². The zero-order chi connectivity index (χ0) is 17.7. The van der Waals surface area contributed by atoms with Gasteiger partial charge in [-0.15, -0.1) is 0 Å². The normalized spacial score (nSPS) is 17.9. The van der Waals surface area contributed by atoms with Gasteiger partial charge in [0.05, 0.1) is 18.9 Å². The van der Waals surface area contributed by atoms with Crippen LogP contribution < -0.4 is 10.1 Å². The first-order valence-electron chi connectivity index (χ1n) is 8.59. The van der Waals surface area contributed by atoms with E-state index in [4.69, 9.17) is 4.74 Å². The molecule has 0 bridgehead atoms. The Morgan fingerprint density at radius 2 is 2.12 bits per heavy atom. The summed E-state index contributed by atoms with van der Waals surface area (Å²) in [6, 6.07) is 5.87. The summed E-state index contributed by atoms with van der Waals surface area (Å²) >= 11 is 0. The van der Waals surface area contributed by atoms with Gasteiger partial charge >= 0.3 is 5.97 Å². The van der Waals surface area contributed by atoms with Crippen molar-refractivity contribution in [3.8, 4) is 5.75 Å². The quantitative estimate of drug-likeness (QED) is 0.804. The summed E-state index contributed by atoms with van der Waals surface area (Å²) in [5.74, 6) is -0.673. The van der Waals surface area contributed by atoms with Crippen LogP contribution in [0.4, 0.5) is 0 Å². The summed E-state index contributed by atoms with van der Waals surface area (Å²) in [5, 5.41) is 12.2. The standard InChI is InChI=1S/C19H27NO4/c1-12(2)9-14(19(22)23)11-20-18(21)16-6-4-5-13-7-8-15(24-3)10-17(13)16/h7-8,10,12,14,16H,4-6,9,11H2,1-3H3,(H,20,21)(H,22,23). The molecule has 0 radical (unpaired) electrons. The van der Waals surface area contributed by atoms with Gasteiger partial charge in [0.25, 0.3) is 0 Å². The van der Waals surface area contributed by atoms with E-state index in [1.807, 2.05) is 32.0 Å². The number of hydrogen-bond donors (Lipinski definition) is 2. The van der Waals surface area contributed by atoms with Crippen LogP contribution in [0.2, 0.25) is 0 Å². The van der Waals surface area contributed by atoms with E-state index >= 15 is 0 Å². The van der Waals surface area contributed by atoms with E-state index in [-0.39, 0.29) is 24.3 Å². The molecular weight excluding hydrogens is 306 g/mol. The molecule has 2 unspecified atom stereocenters. The second-order valence-corrected chi connectivity index (χ2v) is 6.92. The molecule has 0 fully saturated rings. The maximum Gasteiger partial charge on any atom is 0.308 e. The molecule has 2 atom stereocenters. The molecule has 5 nitrogen and oxygen atoms in total. The molecule has 1 aliphatic carbocycles. The largest absolute Gasteiger partial charge is 0.497 e. The van der Waals surface area contributed by atoms with Crippen LogP contribution in [-0.4, -0.2) is 30.6 Å². The molecule has 0 heterocycles. The highest BCUT2D eigenvalue weighted by molar-refractivity contribution is 5.85. The van der Waals surface area contributed by atoms with Crippen LogP contribution in [-0.2, 0) is 16.0 Å². The van der Waals surface area contributed by atoms with Crippen molar-refractivity contribution in [3.05, 3.63) is 29.3 Å². The van der Waals surface area contributed by atoms with E-state index in [9.17, 15) is 14.7 Å². The van der Waals surface area contributed by atoms with Gasteiger partial charge in [-0.2, -0.15) is 0 Å². The van der Waals surface area contributed by atoms with E-state index < -0.39 is 11.9 Å². The third kappa shape index (κ3) is 4.49. The first kappa shape index (κ1) is 18.3. The van der Waals surface area contributed by atoms with Crippen molar-refractivity contribution in [2.45, 2.75) is 45.4 Å². The van der Waals surface area contributed by atoms with Gasteiger partial charge in [-0.3, -0.25) is 9.59 Å². The average molecular weight is 333 g/mol. The van der Waals surface area contributed by atoms with Crippen molar-refractivity contribution in [2.24, 2.45) is 11.8 Å². The minimum absolute atomic E-state index is 0.0841. The maximum atomic E-state index is 12.6. The number of amides is 1. The van der Waals surface area contributed by atoms with Crippen molar-refractivity contribution < 1.29 is 19.4 Å². The molecule has 0 aromatic heterocycles. The van der Waals surface area contributed by atoms with Gasteiger partial charge in [0.2, 0.25) is 5.91 Å². The lowest BCUT2D eigenvalue weighted by atomic mass is 9.82. The minimum Gasteiger partial charge on any atom is -0.497 e. The molecule has 0 saturated heterocycles. The predicted molar refractivity (Wildman–Crippen MR) is 92.3 cm³/mol. The fourth-order valence-electron chi connectivity index (χ4n) is 3.36. The summed E-state index contributed by atoms with van der Waals surface area (Å²) in [5.41, 5.74) is 2.19. The lowest BCUT2D eigenvalue weighted by Crippen LogP contribution is -2.37. The number of rotatable bonds is 7. The Morgan fingerprint density at radius 1 is 1.38 bits per heavy atom. The van der Waals surface area contributed by atoms with Crippen LogP contribution >= 0.6 is 0 Å². The number of fused-ring (bicyclic) bond motifs is 1. The Morgan fingerprint density at radius 3 is 2.75 bits per heavy atom. The minimum atomic E-state index is -0.852.